The van der Waals surface area contributed by atoms with Crippen LogP contribution in [0, 0.1) is 6.92 Å². The Kier molecular flexibility index (Phi) is 4.01. The zero-order valence-electron chi connectivity index (χ0n) is 23.2. The van der Waals surface area contributed by atoms with Gasteiger partial charge in [0.25, 0.3) is 0 Å². The molecule has 2 rings (SSSR count). The van der Waals surface area contributed by atoms with Gasteiger partial charge in [-0.3, -0.25) is 0 Å². The average molecular weight is 354 g/mol. The summed E-state index contributed by atoms with van der Waals surface area (Å²) in [6.45, 7) is -1.06. The van der Waals surface area contributed by atoms with E-state index in [4.69, 9.17) is 26.5 Å². The van der Waals surface area contributed by atoms with Gasteiger partial charge in [0, 0.05) is 5.48 Å². The second kappa shape index (κ2) is 9.94. The zero-order chi connectivity index (χ0) is 25.9. The number of methoxy groups -OCH3 is 2. The van der Waals surface area contributed by atoms with E-state index in [2.05, 4.69) is 0 Å². The highest BCUT2D eigenvalue weighted by atomic mass is 16.5. The quantitative estimate of drug-likeness (QED) is 0.696. The summed E-state index contributed by atoms with van der Waals surface area (Å²) in [5.74, 6) is 0.115. The summed E-state index contributed by atoms with van der Waals surface area (Å²) in [5.41, 5.74) is 1.15. The maximum Gasteiger partial charge on any atom is 0.160 e. The van der Waals surface area contributed by atoms with Crippen molar-refractivity contribution in [2.24, 2.45) is 0 Å². The van der Waals surface area contributed by atoms with Crippen LogP contribution in [-0.4, -0.2) is 31.9 Å². The first-order valence-corrected chi connectivity index (χ1v) is 7.74. The molecule has 0 aromatic heterocycles. The third-order valence-electron chi connectivity index (χ3n) is 3.37. The van der Waals surface area contributed by atoms with Gasteiger partial charge in [0.15, 0.2) is 11.5 Å². The Morgan fingerprint density at radius 2 is 2.04 bits per heavy atom. The molecule has 0 aliphatic rings. The minimum absolute atomic E-state index is 0.0564. The van der Waals surface area contributed by atoms with Gasteiger partial charge in [-0.2, -0.15) is 0 Å². The van der Waals surface area contributed by atoms with Crippen LogP contribution in [0.15, 0.2) is 42.5 Å². The van der Waals surface area contributed by atoms with Gasteiger partial charge >= 0.3 is 0 Å². The highest BCUT2D eigenvalue weighted by Crippen LogP contribution is 2.28. The predicted octanol–water partition coefficient (Wildman–Crippen LogP) is 4.16. The van der Waals surface area contributed by atoms with E-state index < -0.39 is 38.9 Å². The molecule has 0 radical (unpaired) electrons. The summed E-state index contributed by atoms with van der Waals surface area (Å²) in [5, 5.41) is 10.5. The Hall–Kier alpha value is -2.20. The van der Waals surface area contributed by atoms with Crippen molar-refractivity contribution in [3.8, 4) is 17.2 Å². The summed E-state index contributed by atoms with van der Waals surface area (Å²) in [4.78, 5) is 0. The lowest BCUT2D eigenvalue weighted by Gasteiger charge is -2.13. The molecule has 0 bridgehead atoms. The molecule has 0 fully saturated rings. The van der Waals surface area contributed by atoms with Gasteiger partial charge < -0.3 is 19.3 Å². The molecule has 0 saturated carbocycles. The van der Waals surface area contributed by atoms with Gasteiger partial charge in [-0.15, -0.1) is 0 Å². The molecule has 1 atom stereocenters. The topological polar surface area (TPSA) is 47.9 Å². The minimum atomic E-state index is -2.83. The molecular formula is C21H28O4. The fraction of sp³-hybridized carbons (Fsp3) is 0.429. The first-order chi connectivity index (χ1) is 15.4. The molecule has 1 N–H and O–H groups in total. The Bertz CT molecular complexity index is 977. The summed E-state index contributed by atoms with van der Waals surface area (Å²) in [6, 6.07) is 10.5. The van der Waals surface area contributed by atoms with Crippen LogP contribution in [0.1, 0.15) is 42.6 Å². The molecule has 0 aliphatic carbocycles. The summed E-state index contributed by atoms with van der Waals surface area (Å²) < 4.78 is 85.7. The van der Waals surface area contributed by atoms with Crippen LogP contribution in [0.4, 0.5) is 0 Å². The van der Waals surface area contributed by atoms with Crippen molar-refractivity contribution in [3.05, 3.63) is 53.6 Å². The van der Waals surface area contributed by atoms with Crippen molar-refractivity contribution in [1.82, 2.24) is 0 Å². The van der Waals surface area contributed by atoms with E-state index in [1.54, 1.807) is 19.1 Å². The number of aliphatic hydroxyl groups excluding tert-OH is 1. The van der Waals surface area contributed by atoms with E-state index in [0.717, 1.165) is 5.56 Å². The maximum absolute atomic E-state index is 10.5. The number of ether oxygens (including phenoxy) is 3. The molecule has 4 nitrogen and oxygen atoms in total. The lowest BCUT2D eigenvalue weighted by Crippen LogP contribution is -2.17. The molecular weight excluding hydrogens is 316 g/mol. The first-order valence-electron chi connectivity index (χ1n) is 12.2. The minimum Gasteiger partial charge on any atom is -0.493 e. The van der Waals surface area contributed by atoms with Crippen LogP contribution < -0.4 is 14.2 Å². The van der Waals surface area contributed by atoms with Crippen molar-refractivity contribution in [1.29, 1.82) is 0 Å². The molecule has 0 heterocycles. The number of rotatable bonds is 10. The van der Waals surface area contributed by atoms with Crippen LogP contribution in [0.2, 0.25) is 0 Å². The third kappa shape index (κ3) is 6.31. The van der Waals surface area contributed by atoms with Gasteiger partial charge in [-0.1, -0.05) is 24.6 Å². The van der Waals surface area contributed by atoms with Crippen molar-refractivity contribution >= 4 is 0 Å². The highest BCUT2D eigenvalue weighted by molar-refractivity contribution is 5.42. The SMILES string of the molecule is [2H]C([2H])(Cc1ccc(OC([2H])([2H])[2H])c(OC)c1)CC([2H])([2H])C(O)C([2H])([2H])Oc1cccc(C)c1. The fourth-order valence-electron chi connectivity index (χ4n) is 2.13. The van der Waals surface area contributed by atoms with E-state index >= 15 is 0 Å². The molecule has 136 valence electrons. The van der Waals surface area contributed by atoms with Crippen LogP contribution in [-0.2, 0) is 6.42 Å². The maximum atomic E-state index is 10.5. The molecule has 0 aliphatic heterocycles. The fourth-order valence-corrected chi connectivity index (χ4v) is 2.13. The van der Waals surface area contributed by atoms with E-state index in [9.17, 15) is 5.11 Å². The predicted molar refractivity (Wildman–Crippen MR) is 99.8 cm³/mol. The monoisotopic (exact) mass is 353 g/mol. The van der Waals surface area contributed by atoms with E-state index in [0.29, 0.717) is 5.56 Å². The van der Waals surface area contributed by atoms with Crippen LogP contribution >= 0.6 is 0 Å². The first kappa shape index (κ1) is 10.1. The summed E-state index contributed by atoms with van der Waals surface area (Å²) in [7, 11) is -1.40. The second-order valence-electron chi connectivity index (χ2n) is 5.33. The van der Waals surface area contributed by atoms with Crippen molar-refractivity contribution in [3.63, 3.8) is 0 Å². The molecule has 2 aromatic carbocycles. The molecule has 0 spiro atoms. The second-order valence-corrected chi connectivity index (χ2v) is 5.33. The van der Waals surface area contributed by atoms with E-state index in [1.165, 1.54) is 37.4 Å². The van der Waals surface area contributed by atoms with Gasteiger partial charge in [-0.05, 0) is 61.5 Å². The van der Waals surface area contributed by atoms with Crippen molar-refractivity contribution in [2.75, 3.05) is 20.7 Å². The van der Waals surface area contributed by atoms with Gasteiger partial charge in [0.2, 0.25) is 0 Å². The molecule has 4 heteroatoms. The van der Waals surface area contributed by atoms with Crippen molar-refractivity contribution < 1.29 is 31.7 Å². The number of hydrogen-bond acceptors (Lipinski definition) is 4. The van der Waals surface area contributed by atoms with E-state index in [1.807, 2.05) is 0 Å². The molecule has 0 saturated heterocycles. The standard InChI is InChI=1S/C21H28O4/c1-16-7-6-10-19(13-16)25-15-18(22)9-5-4-8-17-11-12-20(23-2)21(14-17)24-3/h6-7,10-14,18,22H,4-5,8-9,15H2,1-3H3/i2D3,4D2,9D2,15D2. The number of benzene rings is 2. The Labute approximate surface area is 163 Å². The molecule has 1 unspecified atom stereocenters. The lowest BCUT2D eigenvalue weighted by atomic mass is 10.0. The van der Waals surface area contributed by atoms with Crippen LogP contribution in [0.3, 0.4) is 0 Å². The van der Waals surface area contributed by atoms with Crippen LogP contribution in [0.25, 0.3) is 0 Å². The lowest BCUT2D eigenvalue weighted by molar-refractivity contribution is 0.0976. The van der Waals surface area contributed by atoms with Gasteiger partial charge in [0.05, 0.1) is 27.1 Å². The molecule has 0 amide bonds. The molecule has 25 heavy (non-hydrogen) atoms. The highest BCUT2D eigenvalue weighted by Gasteiger charge is 2.07. The zero-order valence-corrected chi connectivity index (χ0v) is 14.2. The Morgan fingerprint density at radius 1 is 1.16 bits per heavy atom. The molecule has 2 aromatic rings. The smallest absolute Gasteiger partial charge is 0.160 e. The van der Waals surface area contributed by atoms with Crippen molar-refractivity contribution in [2.45, 2.75) is 38.6 Å². The number of aryl methyl sites for hydroxylation is 2. The van der Waals surface area contributed by atoms with Crippen LogP contribution in [0.5, 0.6) is 17.2 Å². The number of hydrogen-bond donors (Lipinski definition) is 1. The van der Waals surface area contributed by atoms with Gasteiger partial charge in [0.1, 0.15) is 12.3 Å². The normalized spacial score (nSPS) is 19.4. The largest absolute Gasteiger partial charge is 0.493 e. The average Bonchev–Trinajstić information content (AvgIpc) is 2.66. The number of aliphatic hydroxyl groups is 1. The summed E-state index contributed by atoms with van der Waals surface area (Å²) >= 11 is 0. The van der Waals surface area contributed by atoms with E-state index in [-0.39, 0.29) is 23.7 Å². The van der Waals surface area contributed by atoms with Gasteiger partial charge in [-0.25, -0.2) is 0 Å². The Morgan fingerprint density at radius 3 is 2.80 bits per heavy atom. The summed E-state index contributed by atoms with van der Waals surface area (Å²) in [6.07, 6.45) is -8.34. The Balaban J connectivity index is 2.15. The third-order valence-corrected chi connectivity index (χ3v) is 3.37.